The van der Waals surface area contributed by atoms with Crippen LogP contribution in [0.3, 0.4) is 0 Å². The first-order valence-corrected chi connectivity index (χ1v) is 10.9. The van der Waals surface area contributed by atoms with Crippen molar-refractivity contribution in [2.24, 2.45) is 10.4 Å². The highest BCUT2D eigenvalue weighted by Gasteiger charge is 2.21. The number of hydrogen-bond acceptors (Lipinski definition) is 8. The Kier molecular flexibility index (Phi) is 9.41. The van der Waals surface area contributed by atoms with Gasteiger partial charge in [-0.3, -0.25) is 14.2 Å². The molecule has 1 atom stereocenters. The molecule has 0 radical (unpaired) electrons. The summed E-state index contributed by atoms with van der Waals surface area (Å²) in [6.45, 7) is 3.94. The second-order valence-electron chi connectivity index (χ2n) is 8.34. The monoisotopic (exact) mass is 501 g/mol. The zero-order valence-electron chi connectivity index (χ0n) is 18.7. The lowest BCUT2D eigenvalue weighted by molar-refractivity contribution is -0.117. The van der Waals surface area contributed by atoms with Crippen molar-refractivity contribution in [1.29, 1.82) is 0 Å². The topological polar surface area (TPSA) is 139 Å². The van der Waals surface area contributed by atoms with Gasteiger partial charge in [-0.2, -0.15) is 4.99 Å². The third-order valence-corrected chi connectivity index (χ3v) is 4.82. The third-order valence-electron chi connectivity index (χ3n) is 4.03. The number of carbonyl (C=O) groups excluding carboxylic acids is 3. The van der Waals surface area contributed by atoms with Gasteiger partial charge in [0, 0.05) is 23.6 Å². The van der Waals surface area contributed by atoms with Gasteiger partial charge in [0.1, 0.15) is 18.4 Å². The fourth-order valence-corrected chi connectivity index (χ4v) is 3.21. The summed E-state index contributed by atoms with van der Waals surface area (Å²) >= 11 is 0.997. The Bertz CT molecular complexity index is 1090. The summed E-state index contributed by atoms with van der Waals surface area (Å²) in [5, 5.41) is 21.5. The van der Waals surface area contributed by atoms with Crippen molar-refractivity contribution in [3.8, 4) is 0 Å². The van der Waals surface area contributed by atoms with E-state index >= 15 is 0 Å². The summed E-state index contributed by atoms with van der Waals surface area (Å²) in [4.78, 5) is 39.8. The number of ether oxygens (including phenoxy) is 2. The fraction of sp³-hybridized carbons (Fsp3) is 0.429. The number of nitrogens with one attached hydrogen (secondary N) is 1. The standard InChI is InChI=1S/C21H25F2N3O7S/c1-21(2,3)8-16(29)24-17-14(22)6-12(7-15(17)23)18(30)25-19-26(4-5-34-19)11-33-20(31)32-10-13(28)9-27/h4-7,13,27-28H,8-11H2,1-3H3,(H,24,29). The summed E-state index contributed by atoms with van der Waals surface area (Å²) in [6.07, 6.45) is -0.889. The van der Waals surface area contributed by atoms with Crippen LogP contribution in [0.15, 0.2) is 28.7 Å². The Morgan fingerprint density at radius 1 is 1.21 bits per heavy atom. The lowest BCUT2D eigenvalue weighted by Gasteiger charge is -2.17. The summed E-state index contributed by atoms with van der Waals surface area (Å²) in [6, 6.07) is 1.53. The highest BCUT2D eigenvalue weighted by Crippen LogP contribution is 2.24. The van der Waals surface area contributed by atoms with Crippen LogP contribution in [0.1, 0.15) is 37.6 Å². The van der Waals surface area contributed by atoms with Crippen LogP contribution in [-0.2, 0) is 21.0 Å². The van der Waals surface area contributed by atoms with E-state index in [1.54, 1.807) is 20.8 Å². The SMILES string of the molecule is CC(C)(C)CC(=O)Nc1c(F)cc(C(=O)N=c2sccn2COC(=O)OCC(O)CO)cc1F. The Morgan fingerprint density at radius 3 is 2.44 bits per heavy atom. The molecular formula is C21H25F2N3O7S. The minimum absolute atomic E-state index is 0.0396. The largest absolute Gasteiger partial charge is 0.510 e. The molecule has 13 heteroatoms. The molecule has 0 fully saturated rings. The van der Waals surface area contributed by atoms with Gasteiger partial charge >= 0.3 is 6.16 Å². The Labute approximate surface area is 197 Å². The van der Waals surface area contributed by atoms with Crippen LogP contribution in [0.5, 0.6) is 0 Å². The predicted octanol–water partition coefficient (Wildman–Crippen LogP) is 2.41. The molecule has 2 aromatic rings. The van der Waals surface area contributed by atoms with Crippen LogP contribution in [0.2, 0.25) is 0 Å². The van der Waals surface area contributed by atoms with Crippen LogP contribution < -0.4 is 10.1 Å². The summed E-state index contributed by atoms with van der Waals surface area (Å²) in [7, 11) is 0. The number of aromatic nitrogens is 1. The van der Waals surface area contributed by atoms with Crippen LogP contribution in [0, 0.1) is 17.0 Å². The molecule has 3 N–H and O–H groups in total. The number of thiazole rings is 1. The van der Waals surface area contributed by atoms with Gasteiger partial charge in [-0.05, 0) is 17.5 Å². The van der Waals surface area contributed by atoms with Crippen molar-refractivity contribution in [1.82, 2.24) is 4.57 Å². The van der Waals surface area contributed by atoms with E-state index in [1.165, 1.54) is 16.1 Å². The third kappa shape index (κ3) is 8.32. The number of aliphatic hydroxyl groups is 2. The maximum atomic E-state index is 14.4. The van der Waals surface area contributed by atoms with Gasteiger partial charge in [0.2, 0.25) is 5.91 Å². The van der Waals surface area contributed by atoms with Gasteiger partial charge in [-0.25, -0.2) is 13.6 Å². The molecule has 1 aromatic carbocycles. The van der Waals surface area contributed by atoms with Gasteiger partial charge in [0.15, 0.2) is 23.2 Å². The number of halogens is 2. The minimum atomic E-state index is -1.25. The lowest BCUT2D eigenvalue weighted by atomic mass is 9.92. The predicted molar refractivity (Wildman–Crippen MR) is 117 cm³/mol. The van der Waals surface area contributed by atoms with Crippen molar-refractivity contribution < 1.29 is 42.9 Å². The molecule has 0 saturated carbocycles. The zero-order chi connectivity index (χ0) is 25.5. The molecule has 186 valence electrons. The summed E-state index contributed by atoms with van der Waals surface area (Å²) in [5.74, 6) is -3.79. The Morgan fingerprint density at radius 2 is 1.85 bits per heavy atom. The number of anilines is 1. The Balaban J connectivity index is 2.11. The Hall–Kier alpha value is -3.16. The molecule has 2 amide bonds. The molecule has 10 nitrogen and oxygen atoms in total. The molecule has 1 aromatic heterocycles. The maximum absolute atomic E-state index is 14.4. The van der Waals surface area contributed by atoms with E-state index in [2.05, 4.69) is 15.0 Å². The van der Waals surface area contributed by atoms with Crippen LogP contribution in [0.25, 0.3) is 0 Å². The summed E-state index contributed by atoms with van der Waals surface area (Å²) < 4.78 is 39.5. The lowest BCUT2D eigenvalue weighted by Crippen LogP contribution is -2.24. The number of rotatable bonds is 8. The minimum Gasteiger partial charge on any atom is -0.431 e. The average molecular weight is 502 g/mol. The van der Waals surface area contributed by atoms with Crippen LogP contribution in [-0.4, -0.2) is 52.1 Å². The number of hydrogen-bond donors (Lipinski definition) is 3. The first kappa shape index (κ1) is 27.1. The molecule has 0 aliphatic carbocycles. The van der Waals surface area contributed by atoms with E-state index in [1.807, 2.05) is 0 Å². The summed E-state index contributed by atoms with van der Waals surface area (Å²) in [5.41, 5.74) is -1.43. The number of aliphatic hydroxyl groups excluding tert-OH is 2. The molecule has 0 spiro atoms. The normalized spacial score (nSPS) is 12.9. The van der Waals surface area contributed by atoms with Crippen molar-refractivity contribution in [3.63, 3.8) is 0 Å². The van der Waals surface area contributed by atoms with E-state index < -0.39 is 61.3 Å². The molecule has 0 saturated heterocycles. The van der Waals surface area contributed by atoms with Gasteiger partial charge < -0.3 is 25.0 Å². The molecule has 0 bridgehead atoms. The number of benzene rings is 1. The maximum Gasteiger partial charge on any atom is 0.510 e. The highest BCUT2D eigenvalue weighted by molar-refractivity contribution is 7.07. The van der Waals surface area contributed by atoms with Crippen LogP contribution in [0.4, 0.5) is 19.3 Å². The molecule has 34 heavy (non-hydrogen) atoms. The average Bonchev–Trinajstić information content (AvgIpc) is 3.18. The van der Waals surface area contributed by atoms with E-state index in [0.29, 0.717) is 0 Å². The van der Waals surface area contributed by atoms with Gasteiger partial charge in [-0.15, -0.1) is 11.3 Å². The highest BCUT2D eigenvalue weighted by atomic mass is 32.1. The first-order valence-electron chi connectivity index (χ1n) is 10.00. The van der Waals surface area contributed by atoms with Crippen molar-refractivity contribution in [2.45, 2.75) is 40.0 Å². The van der Waals surface area contributed by atoms with Gasteiger partial charge in [-0.1, -0.05) is 20.8 Å². The van der Waals surface area contributed by atoms with Gasteiger partial charge in [0.05, 0.1) is 6.61 Å². The molecule has 0 aliphatic heterocycles. The number of amides is 2. The zero-order valence-corrected chi connectivity index (χ0v) is 19.5. The second kappa shape index (κ2) is 11.8. The first-order chi connectivity index (χ1) is 15.9. The van der Waals surface area contributed by atoms with Crippen molar-refractivity contribution in [2.75, 3.05) is 18.5 Å². The van der Waals surface area contributed by atoms with E-state index in [9.17, 15) is 23.2 Å². The quantitative estimate of drug-likeness (QED) is 0.472. The second-order valence-corrected chi connectivity index (χ2v) is 9.22. The number of carbonyl (C=O) groups is 3. The molecule has 0 aliphatic rings. The molecular weight excluding hydrogens is 476 g/mol. The van der Waals surface area contributed by atoms with E-state index in [-0.39, 0.29) is 22.2 Å². The molecule has 1 heterocycles. The van der Waals surface area contributed by atoms with Gasteiger partial charge in [0.25, 0.3) is 5.91 Å². The molecule has 1 unspecified atom stereocenters. The smallest absolute Gasteiger partial charge is 0.431 e. The van der Waals surface area contributed by atoms with E-state index in [0.717, 1.165) is 23.5 Å². The number of nitrogens with zero attached hydrogens (tertiary/aromatic N) is 2. The fourth-order valence-electron chi connectivity index (χ4n) is 2.50. The molecule has 2 rings (SSSR count). The van der Waals surface area contributed by atoms with Crippen molar-refractivity contribution in [3.05, 3.63) is 45.7 Å². The van der Waals surface area contributed by atoms with Crippen LogP contribution >= 0.6 is 11.3 Å². The van der Waals surface area contributed by atoms with E-state index in [4.69, 9.17) is 14.9 Å². The van der Waals surface area contributed by atoms with Crippen molar-refractivity contribution >= 4 is 35.0 Å².